The first kappa shape index (κ1) is 13.5. The number of aryl methyl sites for hydroxylation is 1. The molecule has 4 rings (SSSR count). The van der Waals surface area contributed by atoms with Crippen molar-refractivity contribution in [1.82, 2.24) is 20.1 Å². The molecule has 1 fully saturated rings. The molecule has 0 atom stereocenters. The van der Waals surface area contributed by atoms with Crippen molar-refractivity contribution < 1.29 is 4.39 Å². The molecule has 0 bridgehead atoms. The maximum atomic E-state index is 13.5. The lowest BCUT2D eigenvalue weighted by molar-refractivity contribution is 0.452. The summed E-state index contributed by atoms with van der Waals surface area (Å²) in [5.41, 5.74) is 1.44. The van der Waals surface area contributed by atoms with Gasteiger partial charge in [0.05, 0.1) is 11.1 Å². The highest BCUT2D eigenvalue weighted by Crippen LogP contribution is 2.33. The van der Waals surface area contributed by atoms with Crippen molar-refractivity contribution in [1.29, 1.82) is 0 Å². The summed E-state index contributed by atoms with van der Waals surface area (Å²) in [5, 5.41) is 10.1. The lowest BCUT2D eigenvalue weighted by Gasteiger charge is -2.21. The van der Waals surface area contributed by atoms with Crippen LogP contribution in [0.5, 0.6) is 0 Å². The number of piperidine rings is 1. The molecule has 3 aromatic rings. The summed E-state index contributed by atoms with van der Waals surface area (Å²) >= 11 is 0. The topological polar surface area (TPSA) is 62.7 Å². The third-order valence-corrected chi connectivity index (χ3v) is 4.53. The van der Waals surface area contributed by atoms with E-state index in [0.29, 0.717) is 17.0 Å². The van der Waals surface area contributed by atoms with Crippen LogP contribution in [0, 0.1) is 5.82 Å². The number of rotatable bonds is 1. The molecule has 1 saturated heterocycles. The Bertz CT molecular complexity index is 921. The maximum Gasteiger partial charge on any atom is 0.257 e. The van der Waals surface area contributed by atoms with E-state index < -0.39 is 5.82 Å². The van der Waals surface area contributed by atoms with Crippen LogP contribution in [0.15, 0.2) is 23.0 Å². The number of aromatic amines is 1. The zero-order valence-electron chi connectivity index (χ0n) is 12.3. The van der Waals surface area contributed by atoms with Crippen molar-refractivity contribution in [3.63, 3.8) is 0 Å². The molecule has 0 amide bonds. The van der Waals surface area contributed by atoms with Crippen molar-refractivity contribution in [2.75, 3.05) is 13.1 Å². The number of hydrogen-bond acceptors (Lipinski definition) is 3. The van der Waals surface area contributed by atoms with E-state index in [1.54, 1.807) is 10.7 Å². The summed E-state index contributed by atoms with van der Waals surface area (Å²) in [6, 6.07) is 4.39. The van der Waals surface area contributed by atoms with Crippen LogP contribution < -0.4 is 10.9 Å². The predicted octanol–water partition coefficient (Wildman–Crippen LogP) is 2.02. The summed E-state index contributed by atoms with van der Waals surface area (Å²) in [4.78, 5) is 15.1. The van der Waals surface area contributed by atoms with Crippen LogP contribution in [0.4, 0.5) is 4.39 Å². The van der Waals surface area contributed by atoms with E-state index in [1.165, 1.54) is 12.1 Å². The molecule has 0 saturated carbocycles. The van der Waals surface area contributed by atoms with Gasteiger partial charge >= 0.3 is 0 Å². The molecule has 0 spiro atoms. The fraction of sp³-hybridized carbons (Fsp3) is 0.375. The Morgan fingerprint density at radius 3 is 2.82 bits per heavy atom. The highest BCUT2D eigenvalue weighted by atomic mass is 19.1. The van der Waals surface area contributed by atoms with Crippen LogP contribution in [0.25, 0.3) is 21.8 Å². The number of aromatic nitrogens is 3. The number of nitrogens with one attached hydrogen (secondary N) is 2. The highest BCUT2D eigenvalue weighted by Gasteiger charge is 2.23. The molecule has 3 heterocycles. The average molecular weight is 300 g/mol. The van der Waals surface area contributed by atoms with Gasteiger partial charge in [0.15, 0.2) is 0 Å². The van der Waals surface area contributed by atoms with Gasteiger partial charge in [0.2, 0.25) is 0 Å². The number of nitrogens with zero attached hydrogens (tertiary/aromatic N) is 2. The molecule has 2 N–H and O–H groups in total. The Morgan fingerprint density at radius 2 is 2.05 bits per heavy atom. The van der Waals surface area contributed by atoms with Gasteiger partial charge in [0, 0.05) is 23.7 Å². The monoisotopic (exact) mass is 300 g/mol. The Kier molecular flexibility index (Phi) is 3.00. The van der Waals surface area contributed by atoms with E-state index >= 15 is 0 Å². The normalized spacial score (nSPS) is 16.6. The zero-order valence-corrected chi connectivity index (χ0v) is 12.3. The Morgan fingerprint density at radius 1 is 1.27 bits per heavy atom. The summed E-state index contributed by atoms with van der Waals surface area (Å²) in [7, 11) is 1.83. The van der Waals surface area contributed by atoms with Gasteiger partial charge in [-0.25, -0.2) is 4.39 Å². The number of fused-ring (bicyclic) bond motifs is 3. The molecule has 1 aromatic carbocycles. The zero-order chi connectivity index (χ0) is 15.3. The van der Waals surface area contributed by atoms with Crippen molar-refractivity contribution in [2.45, 2.75) is 18.8 Å². The van der Waals surface area contributed by atoms with E-state index in [4.69, 9.17) is 0 Å². The Hall–Kier alpha value is -2.21. The molecule has 22 heavy (non-hydrogen) atoms. The van der Waals surface area contributed by atoms with Gasteiger partial charge in [0.25, 0.3) is 5.56 Å². The molecule has 114 valence electrons. The van der Waals surface area contributed by atoms with Gasteiger partial charge in [-0.2, -0.15) is 5.10 Å². The Labute approximate surface area is 126 Å². The molecule has 1 aliphatic heterocycles. The van der Waals surface area contributed by atoms with Crippen LogP contribution in [0.3, 0.4) is 0 Å². The summed E-state index contributed by atoms with van der Waals surface area (Å²) in [6.07, 6.45) is 2.04. The fourth-order valence-corrected chi connectivity index (χ4v) is 3.43. The molecule has 0 aliphatic carbocycles. The van der Waals surface area contributed by atoms with Gasteiger partial charge in [-0.1, -0.05) is 6.07 Å². The maximum absolute atomic E-state index is 13.5. The van der Waals surface area contributed by atoms with Crippen LogP contribution >= 0.6 is 0 Å². The SMILES string of the molecule is Cn1nc(C2CCNCC2)c2c3ccc(F)cc3c(=O)[nH]c21. The standard InChI is InChI=1S/C16H17FN4O/c1-21-15-13(14(20-21)9-4-6-18-7-5-9)11-3-2-10(17)8-12(11)16(22)19-15/h2-3,8-9,18H,4-7H2,1H3,(H,19,22). The van der Waals surface area contributed by atoms with Crippen LogP contribution in [-0.4, -0.2) is 27.9 Å². The smallest absolute Gasteiger partial charge is 0.257 e. The van der Waals surface area contributed by atoms with Gasteiger partial charge in [-0.05, 0) is 38.1 Å². The first-order valence-electron chi connectivity index (χ1n) is 7.54. The van der Waals surface area contributed by atoms with Crippen molar-refractivity contribution in [2.24, 2.45) is 7.05 Å². The molecule has 0 radical (unpaired) electrons. The average Bonchev–Trinajstić information content (AvgIpc) is 2.86. The lowest BCUT2D eigenvalue weighted by Crippen LogP contribution is -2.27. The first-order valence-corrected chi connectivity index (χ1v) is 7.54. The minimum absolute atomic E-state index is 0.276. The van der Waals surface area contributed by atoms with Crippen molar-refractivity contribution >= 4 is 21.8 Å². The van der Waals surface area contributed by atoms with Crippen molar-refractivity contribution in [3.8, 4) is 0 Å². The molecule has 0 unspecified atom stereocenters. The largest absolute Gasteiger partial charge is 0.317 e. The number of halogens is 1. The minimum Gasteiger partial charge on any atom is -0.317 e. The third kappa shape index (κ3) is 1.94. The molecule has 6 heteroatoms. The summed E-state index contributed by atoms with van der Waals surface area (Å²) in [6.45, 7) is 1.94. The number of hydrogen-bond donors (Lipinski definition) is 2. The van der Waals surface area contributed by atoms with E-state index in [2.05, 4.69) is 15.4 Å². The van der Waals surface area contributed by atoms with Gasteiger partial charge < -0.3 is 10.3 Å². The Balaban J connectivity index is 2.08. The second-order valence-electron chi connectivity index (χ2n) is 5.90. The van der Waals surface area contributed by atoms with E-state index in [1.807, 2.05) is 7.05 Å². The first-order chi connectivity index (χ1) is 10.6. The van der Waals surface area contributed by atoms with Gasteiger partial charge in [0.1, 0.15) is 11.5 Å². The fourth-order valence-electron chi connectivity index (χ4n) is 3.43. The molecule has 1 aliphatic rings. The molecule has 5 nitrogen and oxygen atoms in total. The predicted molar refractivity (Wildman–Crippen MR) is 83.6 cm³/mol. The minimum atomic E-state index is -0.398. The lowest BCUT2D eigenvalue weighted by atomic mass is 9.92. The third-order valence-electron chi connectivity index (χ3n) is 4.53. The quantitative estimate of drug-likeness (QED) is 0.723. The van der Waals surface area contributed by atoms with Gasteiger partial charge in [-0.3, -0.25) is 9.48 Å². The molecular weight excluding hydrogens is 283 g/mol. The highest BCUT2D eigenvalue weighted by molar-refractivity contribution is 6.05. The second kappa shape index (κ2) is 4.91. The molecular formula is C16H17FN4O. The summed E-state index contributed by atoms with van der Waals surface area (Å²) < 4.78 is 15.2. The summed E-state index contributed by atoms with van der Waals surface area (Å²) in [5.74, 6) is -0.0336. The molecule has 2 aromatic heterocycles. The number of H-pyrrole nitrogens is 1. The van der Waals surface area contributed by atoms with Crippen LogP contribution in [0.2, 0.25) is 0 Å². The van der Waals surface area contributed by atoms with Crippen LogP contribution in [-0.2, 0) is 7.05 Å². The van der Waals surface area contributed by atoms with E-state index in [0.717, 1.165) is 42.4 Å². The number of benzene rings is 1. The van der Waals surface area contributed by atoms with Gasteiger partial charge in [-0.15, -0.1) is 0 Å². The second-order valence-corrected chi connectivity index (χ2v) is 5.90. The van der Waals surface area contributed by atoms with Crippen molar-refractivity contribution in [3.05, 3.63) is 40.1 Å². The van der Waals surface area contributed by atoms with E-state index in [9.17, 15) is 9.18 Å². The number of pyridine rings is 1. The van der Waals surface area contributed by atoms with E-state index in [-0.39, 0.29) is 5.56 Å². The van der Waals surface area contributed by atoms with Crippen LogP contribution in [0.1, 0.15) is 24.5 Å².